The van der Waals surface area contributed by atoms with Crippen LogP contribution in [0.15, 0.2) is 108 Å². The van der Waals surface area contributed by atoms with Gasteiger partial charge >= 0.3 is 0 Å². The molecule has 0 saturated carbocycles. The second kappa shape index (κ2) is 14.7. The molecule has 0 aliphatic heterocycles. The van der Waals surface area contributed by atoms with Crippen LogP contribution in [-0.4, -0.2) is 51.4 Å². The Hall–Kier alpha value is -4.63. The van der Waals surface area contributed by atoms with Gasteiger partial charge in [0, 0.05) is 25.6 Å². The molecule has 0 aromatic heterocycles. The molecule has 230 valence electrons. The number of hydrogen-bond donors (Lipinski definition) is 1. The van der Waals surface area contributed by atoms with Gasteiger partial charge in [-0.1, -0.05) is 83.9 Å². The van der Waals surface area contributed by atoms with E-state index in [9.17, 15) is 18.0 Å². The van der Waals surface area contributed by atoms with E-state index in [2.05, 4.69) is 5.32 Å². The van der Waals surface area contributed by atoms with E-state index >= 15 is 0 Å². The molecule has 0 aliphatic rings. The predicted molar refractivity (Wildman–Crippen MR) is 173 cm³/mol. The summed E-state index contributed by atoms with van der Waals surface area (Å²) < 4.78 is 34.7. The van der Waals surface area contributed by atoms with Gasteiger partial charge in [0.1, 0.15) is 18.3 Å². The molecule has 44 heavy (non-hydrogen) atoms. The molecule has 1 atom stereocenters. The molecule has 4 rings (SSSR count). The van der Waals surface area contributed by atoms with Crippen LogP contribution >= 0.6 is 0 Å². The van der Waals surface area contributed by atoms with Crippen molar-refractivity contribution in [1.82, 2.24) is 10.2 Å². The summed E-state index contributed by atoms with van der Waals surface area (Å²) in [7, 11) is -2.70. The van der Waals surface area contributed by atoms with Gasteiger partial charge in [-0.3, -0.25) is 13.9 Å². The van der Waals surface area contributed by atoms with E-state index < -0.39 is 28.5 Å². The Morgan fingerprint density at radius 1 is 0.818 bits per heavy atom. The van der Waals surface area contributed by atoms with Gasteiger partial charge in [0.25, 0.3) is 10.0 Å². The maximum atomic E-state index is 14.5. The van der Waals surface area contributed by atoms with Crippen LogP contribution in [0.2, 0.25) is 0 Å². The second-order valence-corrected chi connectivity index (χ2v) is 12.5. The van der Waals surface area contributed by atoms with Crippen LogP contribution in [0.1, 0.15) is 29.2 Å². The molecule has 0 bridgehead atoms. The maximum Gasteiger partial charge on any atom is 0.264 e. The Bertz CT molecular complexity index is 1670. The van der Waals surface area contributed by atoms with Crippen molar-refractivity contribution >= 4 is 27.5 Å². The van der Waals surface area contributed by atoms with Gasteiger partial charge in [0.05, 0.1) is 17.7 Å². The molecule has 8 nitrogen and oxygen atoms in total. The topological polar surface area (TPSA) is 96.0 Å². The van der Waals surface area contributed by atoms with E-state index in [1.807, 2.05) is 75.4 Å². The van der Waals surface area contributed by atoms with Crippen molar-refractivity contribution in [3.05, 3.63) is 125 Å². The molecular weight excluding hydrogens is 574 g/mol. The molecule has 9 heteroatoms. The third-order valence-electron chi connectivity index (χ3n) is 7.29. The highest BCUT2D eigenvalue weighted by Gasteiger charge is 2.34. The second-order valence-electron chi connectivity index (χ2n) is 10.6. The fraction of sp³-hybridized carbons (Fsp3) is 0.257. The summed E-state index contributed by atoms with van der Waals surface area (Å²) in [6, 6.07) is 29.4. The van der Waals surface area contributed by atoms with Gasteiger partial charge in [-0.05, 0) is 56.2 Å². The number of benzene rings is 4. The van der Waals surface area contributed by atoms with Crippen molar-refractivity contribution in [3.8, 4) is 5.75 Å². The monoisotopic (exact) mass is 613 g/mol. The number of sulfonamides is 1. The number of anilines is 1. The predicted octanol–water partition coefficient (Wildman–Crippen LogP) is 5.28. The molecule has 1 unspecified atom stereocenters. The number of methoxy groups -OCH3 is 1. The van der Waals surface area contributed by atoms with Gasteiger partial charge < -0.3 is 15.0 Å². The van der Waals surface area contributed by atoms with E-state index in [0.29, 0.717) is 12.3 Å². The van der Waals surface area contributed by atoms with Gasteiger partial charge in [-0.25, -0.2) is 8.42 Å². The van der Waals surface area contributed by atoms with Gasteiger partial charge in [0.15, 0.2) is 0 Å². The number of amides is 2. The summed E-state index contributed by atoms with van der Waals surface area (Å²) in [5.41, 5.74) is 3.89. The summed E-state index contributed by atoms with van der Waals surface area (Å²) >= 11 is 0. The zero-order chi connectivity index (χ0) is 31.7. The molecule has 4 aromatic carbocycles. The quantitative estimate of drug-likeness (QED) is 0.221. The Morgan fingerprint density at radius 2 is 1.50 bits per heavy atom. The Morgan fingerprint density at radius 3 is 2.16 bits per heavy atom. The summed E-state index contributed by atoms with van der Waals surface area (Å²) in [4.78, 5) is 29.6. The third-order valence-corrected chi connectivity index (χ3v) is 9.07. The van der Waals surface area contributed by atoms with Crippen LogP contribution in [0.5, 0.6) is 5.75 Å². The van der Waals surface area contributed by atoms with Gasteiger partial charge in [-0.15, -0.1) is 0 Å². The lowest BCUT2D eigenvalue weighted by molar-refractivity contribution is -0.140. The highest BCUT2D eigenvalue weighted by molar-refractivity contribution is 7.92. The van der Waals surface area contributed by atoms with Crippen molar-refractivity contribution in [2.24, 2.45) is 0 Å². The first-order valence-corrected chi connectivity index (χ1v) is 16.0. The van der Waals surface area contributed by atoms with Crippen LogP contribution in [-0.2, 0) is 32.6 Å². The summed E-state index contributed by atoms with van der Waals surface area (Å²) in [5, 5.41) is 2.88. The minimum atomic E-state index is -4.19. The standard InChI is InChI=1S/C35H39N3O5S/c1-5-36-35(40)33(22-28-12-7-6-8-13-28)37(24-29-14-9-11-27(3)21-29)34(39)25-38(30-15-10-16-31(23-30)43-4)44(41,42)32-19-17-26(2)18-20-32/h6-21,23,33H,5,22,24-25H2,1-4H3,(H,36,40). The van der Waals surface area contributed by atoms with Crippen molar-refractivity contribution < 1.29 is 22.7 Å². The number of aryl methyl sites for hydroxylation is 2. The maximum absolute atomic E-state index is 14.5. The lowest BCUT2D eigenvalue weighted by Gasteiger charge is -2.34. The number of nitrogens with one attached hydrogen (secondary N) is 1. The van der Waals surface area contributed by atoms with Crippen LogP contribution in [0.3, 0.4) is 0 Å². The molecule has 0 fully saturated rings. The fourth-order valence-electron chi connectivity index (χ4n) is 4.99. The average Bonchev–Trinajstić information content (AvgIpc) is 3.02. The number of likely N-dealkylation sites (N-methyl/N-ethyl adjacent to an activating group) is 1. The van der Waals surface area contributed by atoms with Crippen LogP contribution < -0.4 is 14.4 Å². The first kappa shape index (κ1) is 32.3. The largest absolute Gasteiger partial charge is 0.497 e. The normalized spacial score (nSPS) is 11.8. The first-order chi connectivity index (χ1) is 21.1. The Balaban J connectivity index is 1.81. The molecule has 0 saturated heterocycles. The van der Waals surface area contributed by atoms with E-state index in [0.717, 1.165) is 26.6 Å². The zero-order valence-corrected chi connectivity index (χ0v) is 26.4. The Labute approximate surface area is 260 Å². The van der Waals surface area contributed by atoms with Crippen LogP contribution in [0, 0.1) is 13.8 Å². The van der Waals surface area contributed by atoms with Crippen molar-refractivity contribution in [2.45, 2.75) is 44.7 Å². The smallest absolute Gasteiger partial charge is 0.264 e. The summed E-state index contributed by atoms with van der Waals surface area (Å²) in [6.07, 6.45) is 0.258. The highest BCUT2D eigenvalue weighted by atomic mass is 32.2. The van der Waals surface area contributed by atoms with Crippen molar-refractivity contribution in [1.29, 1.82) is 0 Å². The van der Waals surface area contributed by atoms with E-state index in [1.54, 1.807) is 36.4 Å². The Kier molecular flexibility index (Phi) is 10.8. The number of hydrogen-bond acceptors (Lipinski definition) is 5. The summed E-state index contributed by atoms with van der Waals surface area (Å²) in [5.74, 6) is -0.385. The number of carbonyl (C=O) groups is 2. The third kappa shape index (κ3) is 8.05. The molecule has 0 aliphatic carbocycles. The summed E-state index contributed by atoms with van der Waals surface area (Å²) in [6.45, 7) is 5.62. The fourth-order valence-corrected chi connectivity index (χ4v) is 6.39. The van der Waals surface area contributed by atoms with Gasteiger partial charge in [0.2, 0.25) is 11.8 Å². The van der Waals surface area contributed by atoms with E-state index in [1.165, 1.54) is 24.1 Å². The number of ether oxygens (including phenoxy) is 1. The molecule has 1 N–H and O–H groups in total. The molecule has 0 heterocycles. The number of carbonyl (C=O) groups excluding carboxylic acids is 2. The number of rotatable bonds is 13. The van der Waals surface area contributed by atoms with E-state index in [-0.39, 0.29) is 29.5 Å². The van der Waals surface area contributed by atoms with Gasteiger partial charge in [-0.2, -0.15) is 0 Å². The lowest BCUT2D eigenvalue weighted by Crippen LogP contribution is -2.53. The lowest BCUT2D eigenvalue weighted by atomic mass is 10.0. The molecule has 0 spiro atoms. The SMILES string of the molecule is CCNC(=O)C(Cc1ccccc1)N(Cc1cccc(C)c1)C(=O)CN(c1cccc(OC)c1)S(=O)(=O)c1ccc(C)cc1. The minimum Gasteiger partial charge on any atom is -0.497 e. The molecular formula is C35H39N3O5S. The zero-order valence-electron chi connectivity index (χ0n) is 25.6. The van der Waals surface area contributed by atoms with Crippen molar-refractivity contribution in [2.75, 3.05) is 24.5 Å². The first-order valence-electron chi connectivity index (χ1n) is 14.5. The molecule has 4 aromatic rings. The minimum absolute atomic E-state index is 0.0496. The molecule has 0 radical (unpaired) electrons. The van der Waals surface area contributed by atoms with E-state index in [4.69, 9.17) is 4.74 Å². The highest BCUT2D eigenvalue weighted by Crippen LogP contribution is 2.28. The average molecular weight is 614 g/mol. The van der Waals surface area contributed by atoms with Crippen molar-refractivity contribution in [3.63, 3.8) is 0 Å². The van der Waals surface area contributed by atoms with Crippen LogP contribution in [0.4, 0.5) is 5.69 Å². The van der Waals surface area contributed by atoms with Crippen LogP contribution in [0.25, 0.3) is 0 Å². The molecule has 2 amide bonds. The number of nitrogens with zero attached hydrogens (tertiary/aromatic N) is 2.